The SMILES string of the molecule is CC(Cc1ccc(OC(C(=O)O)P(=O)(O)O)cc1)NC(C)c1ccccc1. The average molecular weight is 393 g/mol. The molecule has 2 rings (SSSR count). The van der Waals surface area contributed by atoms with Crippen molar-refractivity contribution >= 4 is 13.6 Å². The third-order valence-electron chi connectivity index (χ3n) is 4.06. The number of aliphatic carboxylic acids is 1. The second kappa shape index (κ2) is 9.15. The van der Waals surface area contributed by atoms with Gasteiger partial charge in [0, 0.05) is 12.1 Å². The average Bonchev–Trinajstić information content (AvgIpc) is 2.60. The molecule has 0 heterocycles. The van der Waals surface area contributed by atoms with Crippen LogP contribution in [0, 0.1) is 0 Å². The quantitative estimate of drug-likeness (QED) is 0.484. The number of hydrogen-bond donors (Lipinski definition) is 4. The summed E-state index contributed by atoms with van der Waals surface area (Å²) in [6.45, 7) is 4.16. The number of ether oxygens (including phenoxy) is 1. The molecule has 0 amide bonds. The Hall–Kier alpha value is -2.18. The number of hydrogen-bond acceptors (Lipinski definition) is 4. The van der Waals surface area contributed by atoms with E-state index < -0.39 is 19.4 Å². The van der Waals surface area contributed by atoms with Gasteiger partial charge in [0.2, 0.25) is 0 Å². The molecule has 0 aromatic heterocycles. The van der Waals surface area contributed by atoms with Crippen LogP contribution in [0.3, 0.4) is 0 Å². The minimum absolute atomic E-state index is 0.0905. The van der Waals surface area contributed by atoms with E-state index >= 15 is 0 Å². The fourth-order valence-corrected chi connectivity index (χ4v) is 3.32. The lowest BCUT2D eigenvalue weighted by atomic mass is 10.0. The first-order chi connectivity index (χ1) is 12.7. The normalized spacial score (nSPS) is 15.0. The highest BCUT2D eigenvalue weighted by atomic mass is 31.2. The minimum atomic E-state index is -4.91. The number of carbonyl (C=O) groups is 1. The number of carboxylic acids is 1. The van der Waals surface area contributed by atoms with Crippen LogP contribution < -0.4 is 10.1 Å². The lowest BCUT2D eigenvalue weighted by molar-refractivity contribution is -0.141. The molecule has 4 N–H and O–H groups in total. The summed E-state index contributed by atoms with van der Waals surface area (Å²) in [5.74, 6) is -3.83. The molecular formula is C19H24NO6P. The van der Waals surface area contributed by atoms with Crippen LogP contribution in [0.2, 0.25) is 0 Å². The highest BCUT2D eigenvalue weighted by molar-refractivity contribution is 7.53. The van der Waals surface area contributed by atoms with Gasteiger partial charge in [-0.05, 0) is 43.5 Å². The van der Waals surface area contributed by atoms with Gasteiger partial charge in [-0.2, -0.15) is 0 Å². The van der Waals surface area contributed by atoms with Crippen molar-refractivity contribution in [2.45, 2.75) is 38.2 Å². The molecule has 0 aliphatic carbocycles. The third-order valence-corrected chi connectivity index (χ3v) is 5.00. The van der Waals surface area contributed by atoms with Crippen LogP contribution in [0.1, 0.15) is 31.0 Å². The van der Waals surface area contributed by atoms with E-state index in [2.05, 4.69) is 31.3 Å². The molecule has 3 unspecified atom stereocenters. The maximum absolute atomic E-state index is 11.2. The first-order valence-electron chi connectivity index (χ1n) is 8.51. The molecule has 0 saturated carbocycles. The van der Waals surface area contributed by atoms with Gasteiger partial charge in [0.15, 0.2) is 0 Å². The van der Waals surface area contributed by atoms with E-state index in [1.807, 2.05) is 18.2 Å². The molecule has 0 fully saturated rings. The molecule has 0 spiro atoms. The van der Waals surface area contributed by atoms with Gasteiger partial charge in [0.1, 0.15) is 5.75 Å². The Kier molecular flexibility index (Phi) is 7.16. The lowest BCUT2D eigenvalue weighted by Crippen LogP contribution is -2.30. The van der Waals surface area contributed by atoms with Crippen molar-refractivity contribution in [3.63, 3.8) is 0 Å². The van der Waals surface area contributed by atoms with Crippen molar-refractivity contribution in [3.05, 3.63) is 65.7 Å². The first-order valence-corrected chi connectivity index (χ1v) is 10.2. The van der Waals surface area contributed by atoms with Gasteiger partial charge in [0.25, 0.3) is 5.85 Å². The maximum atomic E-state index is 11.2. The zero-order valence-electron chi connectivity index (χ0n) is 15.1. The molecule has 3 atom stereocenters. The molecule has 0 saturated heterocycles. The van der Waals surface area contributed by atoms with Crippen molar-refractivity contribution in [1.82, 2.24) is 5.32 Å². The summed E-state index contributed by atoms with van der Waals surface area (Å²) in [4.78, 5) is 29.1. The van der Waals surface area contributed by atoms with E-state index in [1.165, 1.54) is 17.7 Å². The predicted octanol–water partition coefficient (Wildman–Crippen LogP) is 2.94. The molecule has 146 valence electrons. The van der Waals surface area contributed by atoms with Gasteiger partial charge < -0.3 is 24.9 Å². The smallest absolute Gasteiger partial charge is 0.377 e. The second-order valence-corrected chi connectivity index (χ2v) is 8.09. The van der Waals surface area contributed by atoms with Gasteiger partial charge in [-0.1, -0.05) is 42.5 Å². The first kappa shape index (κ1) is 21.1. The molecule has 8 heteroatoms. The van der Waals surface area contributed by atoms with Crippen molar-refractivity contribution in [1.29, 1.82) is 0 Å². The molecule has 0 aliphatic heterocycles. The summed E-state index contributed by atoms with van der Waals surface area (Å²) in [6.07, 6.45) is 0.734. The Bertz CT molecular complexity index is 790. The Morgan fingerprint density at radius 1 is 1.07 bits per heavy atom. The van der Waals surface area contributed by atoms with E-state index in [0.717, 1.165) is 12.0 Å². The largest absolute Gasteiger partial charge is 0.478 e. The third kappa shape index (κ3) is 6.48. The zero-order valence-corrected chi connectivity index (χ0v) is 16.0. The zero-order chi connectivity index (χ0) is 20.0. The van der Waals surface area contributed by atoms with Crippen LogP contribution in [0.4, 0.5) is 0 Å². The fourth-order valence-electron chi connectivity index (χ4n) is 2.77. The summed E-state index contributed by atoms with van der Waals surface area (Å²) in [6, 6.07) is 17.0. The van der Waals surface area contributed by atoms with Crippen molar-refractivity contribution in [3.8, 4) is 5.75 Å². The van der Waals surface area contributed by atoms with Gasteiger partial charge in [-0.15, -0.1) is 0 Å². The molecule has 2 aromatic rings. The number of benzene rings is 2. The molecule has 0 bridgehead atoms. The number of nitrogens with one attached hydrogen (secondary N) is 1. The van der Waals surface area contributed by atoms with E-state index in [1.54, 1.807) is 12.1 Å². The van der Waals surface area contributed by atoms with Crippen LogP contribution in [-0.4, -0.2) is 32.7 Å². The van der Waals surface area contributed by atoms with Gasteiger partial charge in [-0.3, -0.25) is 4.57 Å². The fraction of sp³-hybridized carbons (Fsp3) is 0.316. The topological polar surface area (TPSA) is 116 Å². The van der Waals surface area contributed by atoms with Crippen molar-refractivity contribution in [2.24, 2.45) is 0 Å². The Morgan fingerprint density at radius 2 is 1.67 bits per heavy atom. The minimum Gasteiger partial charge on any atom is -0.478 e. The van der Waals surface area contributed by atoms with E-state index in [-0.39, 0.29) is 17.8 Å². The Balaban J connectivity index is 1.95. The van der Waals surface area contributed by atoms with Crippen LogP contribution in [0.15, 0.2) is 54.6 Å². The van der Waals surface area contributed by atoms with Gasteiger partial charge in [-0.25, -0.2) is 4.79 Å². The molecule has 7 nitrogen and oxygen atoms in total. The highest BCUT2D eigenvalue weighted by Crippen LogP contribution is 2.42. The van der Waals surface area contributed by atoms with Gasteiger partial charge in [0.05, 0.1) is 0 Å². The molecule has 0 radical (unpaired) electrons. The van der Waals surface area contributed by atoms with E-state index in [0.29, 0.717) is 0 Å². The van der Waals surface area contributed by atoms with Crippen LogP contribution >= 0.6 is 7.60 Å². The number of rotatable bonds is 9. The summed E-state index contributed by atoms with van der Waals surface area (Å²) < 4.78 is 16.1. The van der Waals surface area contributed by atoms with Crippen molar-refractivity contribution < 1.29 is 29.0 Å². The van der Waals surface area contributed by atoms with Crippen LogP contribution in [0.5, 0.6) is 5.75 Å². The second-order valence-electron chi connectivity index (χ2n) is 6.45. The van der Waals surface area contributed by atoms with Gasteiger partial charge >= 0.3 is 13.6 Å². The summed E-state index contributed by atoms with van der Waals surface area (Å²) >= 11 is 0. The molecule has 2 aromatic carbocycles. The van der Waals surface area contributed by atoms with Crippen molar-refractivity contribution in [2.75, 3.05) is 0 Å². The summed E-state index contributed by atoms with van der Waals surface area (Å²) in [5, 5.41) is 12.4. The summed E-state index contributed by atoms with van der Waals surface area (Å²) in [5.41, 5.74) is 2.19. The summed E-state index contributed by atoms with van der Waals surface area (Å²) in [7, 11) is -4.91. The van der Waals surface area contributed by atoms with Crippen LogP contribution in [-0.2, 0) is 15.8 Å². The monoisotopic (exact) mass is 393 g/mol. The Morgan fingerprint density at radius 3 is 2.19 bits per heavy atom. The standard InChI is InChI=1S/C19H24NO6P/c1-13(20-14(2)16-6-4-3-5-7-16)12-15-8-10-17(11-9-15)26-19(18(21)22)27(23,24)25/h3-11,13-14,19-20H,12H2,1-2H3,(H,21,22)(H2,23,24,25). The predicted molar refractivity (Wildman–Crippen MR) is 102 cm³/mol. The number of carboxylic acid groups (broad SMARTS) is 1. The maximum Gasteiger partial charge on any atom is 0.377 e. The van der Waals surface area contributed by atoms with E-state index in [4.69, 9.17) is 19.6 Å². The highest BCUT2D eigenvalue weighted by Gasteiger charge is 2.38. The Labute approximate surface area is 158 Å². The molecular weight excluding hydrogens is 369 g/mol. The molecule has 0 aliphatic rings. The van der Waals surface area contributed by atoms with Crippen LogP contribution in [0.25, 0.3) is 0 Å². The molecule has 27 heavy (non-hydrogen) atoms. The lowest BCUT2D eigenvalue weighted by Gasteiger charge is -2.21. The van der Waals surface area contributed by atoms with E-state index in [9.17, 15) is 9.36 Å².